The number of rotatable bonds is 5. The molecular formula is C24H33N3O4S2. The molecule has 0 bridgehead atoms. The molecule has 2 heterocycles. The summed E-state index contributed by atoms with van der Waals surface area (Å²) in [6.45, 7) is 8.19. The topological polar surface area (TPSA) is 86.8 Å². The number of nitrogens with zero attached hydrogens (tertiary/aromatic N) is 2. The van der Waals surface area contributed by atoms with E-state index >= 15 is 0 Å². The maximum Gasteiger partial charge on any atom is 0.262 e. The van der Waals surface area contributed by atoms with Crippen LogP contribution in [-0.2, 0) is 20.0 Å². The lowest BCUT2D eigenvalue weighted by Gasteiger charge is -2.32. The molecule has 0 aromatic heterocycles. The number of hydrogen-bond acceptors (Lipinski definition) is 5. The molecule has 33 heavy (non-hydrogen) atoms. The minimum absolute atomic E-state index is 0.125. The predicted molar refractivity (Wildman–Crippen MR) is 134 cm³/mol. The third kappa shape index (κ3) is 5.14. The van der Waals surface area contributed by atoms with Gasteiger partial charge in [-0.2, -0.15) is 0 Å². The van der Waals surface area contributed by atoms with Crippen molar-refractivity contribution >= 4 is 37.1 Å². The number of nitrogens with one attached hydrogen (secondary N) is 1. The van der Waals surface area contributed by atoms with Gasteiger partial charge in [0.1, 0.15) is 0 Å². The lowest BCUT2D eigenvalue weighted by atomic mass is 9.99. The molecule has 180 valence electrons. The minimum atomic E-state index is -3.82. The molecule has 0 radical (unpaired) electrons. The Bertz CT molecular complexity index is 1220. The molecule has 2 aromatic rings. The average Bonchev–Trinajstić information content (AvgIpc) is 2.76. The maximum absolute atomic E-state index is 13.2. The number of hydrogen-bond donors (Lipinski definition) is 1. The highest BCUT2D eigenvalue weighted by Crippen LogP contribution is 2.32. The van der Waals surface area contributed by atoms with Crippen LogP contribution in [0.4, 0.5) is 17.1 Å². The molecule has 2 aliphatic rings. The van der Waals surface area contributed by atoms with E-state index in [-0.39, 0.29) is 10.6 Å². The second-order valence-electron chi connectivity index (χ2n) is 9.32. The summed E-state index contributed by atoms with van der Waals surface area (Å²) >= 11 is 0. The lowest BCUT2D eigenvalue weighted by molar-refractivity contribution is 0.438. The summed E-state index contributed by atoms with van der Waals surface area (Å²) in [5, 5.41) is 0. The molecule has 2 aliphatic heterocycles. The fourth-order valence-electron chi connectivity index (χ4n) is 4.61. The van der Waals surface area contributed by atoms with Crippen LogP contribution in [0, 0.1) is 19.8 Å². The Morgan fingerprint density at radius 2 is 1.61 bits per heavy atom. The second-order valence-corrected chi connectivity index (χ2v) is 13.0. The van der Waals surface area contributed by atoms with E-state index in [1.807, 2.05) is 12.1 Å². The SMILES string of the molecule is Cc1cc(S(=O)(=O)Nc2ccc(N3CCC(C)CC3)cc2)c(C)cc1N1CCCCS1(=O)=O. The molecule has 0 atom stereocenters. The van der Waals surface area contributed by atoms with Crippen molar-refractivity contribution in [2.75, 3.05) is 39.3 Å². The molecule has 0 spiro atoms. The highest BCUT2D eigenvalue weighted by Gasteiger charge is 2.29. The zero-order valence-corrected chi connectivity index (χ0v) is 21.2. The van der Waals surface area contributed by atoms with E-state index in [9.17, 15) is 16.8 Å². The Balaban J connectivity index is 1.54. The Hall–Kier alpha value is -2.26. The minimum Gasteiger partial charge on any atom is -0.372 e. The summed E-state index contributed by atoms with van der Waals surface area (Å²) in [4.78, 5) is 2.49. The molecule has 0 unspecified atom stereocenters. The van der Waals surface area contributed by atoms with Crippen LogP contribution in [0.15, 0.2) is 41.3 Å². The van der Waals surface area contributed by atoms with Crippen molar-refractivity contribution in [1.82, 2.24) is 0 Å². The van der Waals surface area contributed by atoms with Crippen LogP contribution in [-0.4, -0.2) is 42.2 Å². The summed E-state index contributed by atoms with van der Waals surface area (Å²) < 4.78 is 55.5. The van der Waals surface area contributed by atoms with Gasteiger partial charge in [-0.1, -0.05) is 6.92 Å². The Morgan fingerprint density at radius 1 is 0.939 bits per heavy atom. The van der Waals surface area contributed by atoms with Gasteiger partial charge >= 0.3 is 0 Å². The highest BCUT2D eigenvalue weighted by atomic mass is 32.2. The number of benzene rings is 2. The molecule has 0 aliphatic carbocycles. The van der Waals surface area contributed by atoms with Crippen molar-refractivity contribution in [3.05, 3.63) is 47.5 Å². The van der Waals surface area contributed by atoms with Crippen LogP contribution >= 0.6 is 0 Å². The van der Waals surface area contributed by atoms with Gasteiger partial charge in [0.05, 0.1) is 16.3 Å². The van der Waals surface area contributed by atoms with Crippen LogP contribution in [0.1, 0.15) is 43.7 Å². The van der Waals surface area contributed by atoms with Crippen LogP contribution in [0.5, 0.6) is 0 Å². The normalized spacial score (nSPS) is 19.5. The zero-order chi connectivity index (χ0) is 23.8. The van der Waals surface area contributed by atoms with Gasteiger partial charge in [0.25, 0.3) is 10.0 Å². The van der Waals surface area contributed by atoms with Gasteiger partial charge in [-0.15, -0.1) is 0 Å². The Morgan fingerprint density at radius 3 is 2.24 bits per heavy atom. The van der Waals surface area contributed by atoms with Crippen molar-refractivity contribution in [3.8, 4) is 0 Å². The first kappa shape index (κ1) is 23.9. The fraction of sp³-hybridized carbons (Fsp3) is 0.500. The van der Waals surface area contributed by atoms with Crippen molar-refractivity contribution in [2.24, 2.45) is 5.92 Å². The number of anilines is 3. The molecule has 7 nitrogen and oxygen atoms in total. The van der Waals surface area contributed by atoms with E-state index in [2.05, 4.69) is 16.5 Å². The summed E-state index contributed by atoms with van der Waals surface area (Å²) in [7, 11) is -7.18. The summed E-state index contributed by atoms with van der Waals surface area (Å²) in [5.74, 6) is 0.875. The van der Waals surface area contributed by atoms with Crippen LogP contribution in [0.3, 0.4) is 0 Å². The van der Waals surface area contributed by atoms with E-state index in [4.69, 9.17) is 0 Å². The van der Waals surface area contributed by atoms with E-state index in [0.29, 0.717) is 35.5 Å². The Kier molecular flexibility index (Phi) is 6.64. The molecule has 9 heteroatoms. The quantitative estimate of drug-likeness (QED) is 0.675. The molecule has 2 fully saturated rings. The smallest absolute Gasteiger partial charge is 0.262 e. The van der Waals surface area contributed by atoms with Crippen molar-refractivity contribution in [1.29, 1.82) is 0 Å². The van der Waals surface area contributed by atoms with Crippen LogP contribution in [0.25, 0.3) is 0 Å². The van der Waals surface area contributed by atoms with Gasteiger partial charge in [0.2, 0.25) is 10.0 Å². The third-order valence-electron chi connectivity index (χ3n) is 6.67. The summed E-state index contributed by atoms with van der Waals surface area (Å²) in [6.07, 6.45) is 3.79. The van der Waals surface area contributed by atoms with Gasteiger partial charge in [-0.3, -0.25) is 9.03 Å². The van der Waals surface area contributed by atoms with Crippen molar-refractivity contribution < 1.29 is 16.8 Å². The number of piperidine rings is 1. The third-order valence-corrected chi connectivity index (χ3v) is 10.0. The molecule has 0 amide bonds. The summed E-state index contributed by atoms with van der Waals surface area (Å²) in [6, 6.07) is 10.7. The number of sulfonamides is 2. The number of aryl methyl sites for hydroxylation is 2. The molecule has 0 saturated carbocycles. The van der Waals surface area contributed by atoms with Crippen LogP contribution in [0.2, 0.25) is 0 Å². The van der Waals surface area contributed by atoms with Gasteiger partial charge in [0, 0.05) is 31.0 Å². The fourth-order valence-corrected chi connectivity index (χ4v) is 7.67. The Labute approximate surface area is 197 Å². The van der Waals surface area contributed by atoms with Gasteiger partial charge in [-0.05, 0) is 93.0 Å². The first-order chi connectivity index (χ1) is 15.6. The molecule has 2 saturated heterocycles. The average molecular weight is 492 g/mol. The zero-order valence-electron chi connectivity index (χ0n) is 19.5. The van der Waals surface area contributed by atoms with Gasteiger partial charge in [0.15, 0.2) is 0 Å². The van der Waals surface area contributed by atoms with Crippen molar-refractivity contribution in [3.63, 3.8) is 0 Å². The molecule has 2 aromatic carbocycles. The first-order valence-electron chi connectivity index (χ1n) is 11.6. The maximum atomic E-state index is 13.2. The van der Waals surface area contributed by atoms with Crippen molar-refractivity contribution in [2.45, 2.75) is 51.3 Å². The standard InChI is InChI=1S/C24H33N3O4S2/c1-18-10-13-26(14-11-18)22-8-6-21(7-9-22)25-33(30,31)24-17-19(2)23(16-20(24)3)27-12-4-5-15-32(27,28)29/h6-9,16-18,25H,4-5,10-15H2,1-3H3. The monoisotopic (exact) mass is 491 g/mol. The van der Waals surface area contributed by atoms with E-state index in [1.165, 1.54) is 17.1 Å². The van der Waals surface area contributed by atoms with Crippen LogP contribution < -0.4 is 13.9 Å². The van der Waals surface area contributed by atoms with E-state index < -0.39 is 20.0 Å². The lowest BCUT2D eigenvalue weighted by Crippen LogP contribution is -2.38. The van der Waals surface area contributed by atoms with E-state index in [1.54, 1.807) is 38.1 Å². The second kappa shape index (κ2) is 9.18. The molecule has 4 rings (SSSR count). The highest BCUT2D eigenvalue weighted by molar-refractivity contribution is 7.93. The summed E-state index contributed by atoms with van der Waals surface area (Å²) in [5.41, 5.74) is 3.31. The van der Waals surface area contributed by atoms with Gasteiger partial charge in [-0.25, -0.2) is 16.8 Å². The molecular weight excluding hydrogens is 458 g/mol. The predicted octanol–water partition coefficient (Wildman–Crippen LogP) is 4.27. The molecule has 1 N–H and O–H groups in total. The first-order valence-corrected chi connectivity index (χ1v) is 14.7. The largest absolute Gasteiger partial charge is 0.372 e. The van der Waals surface area contributed by atoms with Gasteiger partial charge < -0.3 is 4.90 Å². The van der Waals surface area contributed by atoms with E-state index in [0.717, 1.165) is 31.1 Å².